The maximum Gasteiger partial charge on any atom is 0.262 e. The normalized spacial score (nSPS) is 17.9. The number of halogens is 4. The van der Waals surface area contributed by atoms with Crippen LogP contribution in [0, 0.1) is 5.82 Å². The molecule has 200 valence electrons. The largest absolute Gasteiger partial charge is 0.357 e. The first kappa shape index (κ1) is 27.6. The van der Waals surface area contributed by atoms with Gasteiger partial charge in [0.25, 0.3) is 10.0 Å². The third-order valence-corrected chi connectivity index (χ3v) is 7.89. The number of anilines is 1. The Morgan fingerprint density at radius 3 is 2.59 bits per heavy atom. The molecule has 1 aliphatic heterocycles. The second-order valence-corrected chi connectivity index (χ2v) is 10.8. The molecule has 0 aliphatic carbocycles. The highest BCUT2D eigenvalue weighted by atomic mass is 79.9. The molecule has 4 rings (SSSR count). The number of nitrogens with one attached hydrogen (secondary N) is 1. The molecule has 8 nitrogen and oxygen atoms in total. The van der Waals surface area contributed by atoms with E-state index in [1.807, 2.05) is 0 Å². The van der Waals surface area contributed by atoms with Crippen LogP contribution in [-0.2, 0) is 24.2 Å². The van der Waals surface area contributed by atoms with Crippen LogP contribution in [0.25, 0.3) is 11.3 Å². The van der Waals surface area contributed by atoms with Gasteiger partial charge in [-0.05, 0) is 53.4 Å². The minimum atomic E-state index is -4.60. The SMILES string of the molecule is COC(F)c1ccc(C(F)OC)c(S(=O)(=O)Nc2cccc(-c3nn(C4CCCCO4)cc3Br)c2F)c1. The Hall–Kier alpha value is -2.45. The van der Waals surface area contributed by atoms with E-state index in [9.17, 15) is 17.2 Å². The number of hydrogen-bond donors (Lipinski definition) is 1. The fraction of sp³-hybridized carbons (Fsp3) is 0.375. The summed E-state index contributed by atoms with van der Waals surface area (Å²) in [5.41, 5.74) is -0.672. The number of ether oxygens (including phenoxy) is 3. The highest BCUT2D eigenvalue weighted by molar-refractivity contribution is 9.10. The van der Waals surface area contributed by atoms with Crippen LogP contribution in [0.5, 0.6) is 0 Å². The van der Waals surface area contributed by atoms with Crippen LogP contribution < -0.4 is 4.72 Å². The van der Waals surface area contributed by atoms with Crippen LogP contribution in [0.15, 0.2) is 52.0 Å². The number of nitrogens with zero attached hydrogens (tertiary/aromatic N) is 2. The molecule has 1 fully saturated rings. The third-order valence-electron chi connectivity index (χ3n) is 5.88. The minimum absolute atomic E-state index is 0.0269. The summed E-state index contributed by atoms with van der Waals surface area (Å²) in [7, 11) is -2.45. The quantitative estimate of drug-likeness (QED) is 0.314. The van der Waals surface area contributed by atoms with Crippen molar-refractivity contribution in [3.63, 3.8) is 0 Å². The third kappa shape index (κ3) is 5.85. The molecule has 2 heterocycles. The molecular formula is C24H25BrF3N3O5S. The average molecular weight is 604 g/mol. The van der Waals surface area contributed by atoms with Crippen LogP contribution in [0.2, 0.25) is 0 Å². The first-order valence-corrected chi connectivity index (χ1v) is 13.6. The molecule has 0 saturated carbocycles. The second-order valence-electron chi connectivity index (χ2n) is 8.30. The van der Waals surface area contributed by atoms with Crippen molar-refractivity contribution in [2.75, 3.05) is 25.5 Å². The van der Waals surface area contributed by atoms with Gasteiger partial charge in [-0.1, -0.05) is 18.2 Å². The number of hydrogen-bond acceptors (Lipinski definition) is 6. The average Bonchev–Trinajstić information content (AvgIpc) is 3.30. The van der Waals surface area contributed by atoms with Gasteiger partial charge in [0.05, 0.1) is 15.1 Å². The molecule has 1 aliphatic rings. The predicted octanol–water partition coefficient (Wildman–Crippen LogP) is 6.18. The van der Waals surface area contributed by atoms with Crippen LogP contribution in [0.4, 0.5) is 18.9 Å². The first-order valence-electron chi connectivity index (χ1n) is 11.3. The van der Waals surface area contributed by atoms with Gasteiger partial charge in [0.15, 0.2) is 5.82 Å². The molecule has 13 heteroatoms. The number of sulfonamides is 1. The van der Waals surface area contributed by atoms with Crippen molar-refractivity contribution >= 4 is 31.6 Å². The summed E-state index contributed by atoms with van der Waals surface area (Å²) < 4.78 is 89.9. The number of rotatable bonds is 9. The topological polar surface area (TPSA) is 91.7 Å². The van der Waals surface area contributed by atoms with Crippen molar-refractivity contribution in [2.45, 2.75) is 43.1 Å². The highest BCUT2D eigenvalue weighted by Gasteiger charge is 2.28. The van der Waals surface area contributed by atoms with Gasteiger partial charge < -0.3 is 14.2 Å². The van der Waals surface area contributed by atoms with Crippen molar-refractivity contribution in [1.82, 2.24) is 9.78 Å². The number of methoxy groups -OCH3 is 2. The zero-order chi connectivity index (χ0) is 26.7. The van der Waals surface area contributed by atoms with E-state index in [-0.39, 0.29) is 28.6 Å². The molecule has 1 aromatic heterocycles. The molecule has 0 spiro atoms. The maximum absolute atomic E-state index is 15.6. The number of alkyl halides is 2. The summed E-state index contributed by atoms with van der Waals surface area (Å²) in [6.07, 6.45) is 0.00544. The summed E-state index contributed by atoms with van der Waals surface area (Å²) >= 11 is 3.39. The van der Waals surface area contributed by atoms with Gasteiger partial charge in [0.1, 0.15) is 11.9 Å². The van der Waals surface area contributed by atoms with Crippen molar-refractivity contribution in [3.8, 4) is 11.3 Å². The zero-order valence-electron chi connectivity index (χ0n) is 20.0. The summed E-state index contributed by atoms with van der Waals surface area (Å²) in [5.74, 6) is -0.900. The Bertz CT molecular complexity index is 1370. The van der Waals surface area contributed by atoms with Crippen molar-refractivity contribution in [2.24, 2.45) is 0 Å². The molecule has 0 radical (unpaired) electrons. The smallest absolute Gasteiger partial charge is 0.262 e. The Morgan fingerprint density at radius 2 is 1.92 bits per heavy atom. The van der Waals surface area contributed by atoms with Gasteiger partial charge in [-0.25, -0.2) is 26.3 Å². The lowest BCUT2D eigenvalue weighted by atomic mass is 10.1. The van der Waals surface area contributed by atoms with E-state index in [1.165, 1.54) is 24.3 Å². The van der Waals surface area contributed by atoms with E-state index in [4.69, 9.17) is 4.74 Å². The summed E-state index contributed by atoms with van der Waals surface area (Å²) in [5, 5.41) is 4.45. The molecule has 3 unspecified atom stereocenters. The fourth-order valence-electron chi connectivity index (χ4n) is 4.00. The summed E-state index contributed by atoms with van der Waals surface area (Å²) in [6, 6.07) is 7.29. The molecule has 0 amide bonds. The Labute approximate surface area is 220 Å². The molecular weight excluding hydrogens is 579 g/mol. The first-order chi connectivity index (χ1) is 17.7. The molecule has 3 atom stereocenters. The van der Waals surface area contributed by atoms with Gasteiger partial charge in [0, 0.05) is 43.7 Å². The van der Waals surface area contributed by atoms with E-state index in [1.54, 1.807) is 10.9 Å². The van der Waals surface area contributed by atoms with Crippen LogP contribution in [0.1, 0.15) is 49.3 Å². The molecule has 0 bridgehead atoms. The van der Waals surface area contributed by atoms with E-state index in [0.717, 1.165) is 45.6 Å². The number of benzene rings is 2. The maximum atomic E-state index is 15.6. The van der Waals surface area contributed by atoms with E-state index in [0.29, 0.717) is 11.1 Å². The van der Waals surface area contributed by atoms with E-state index < -0.39 is 39.1 Å². The fourth-order valence-corrected chi connectivity index (χ4v) is 5.82. The Morgan fingerprint density at radius 1 is 1.16 bits per heavy atom. The van der Waals surface area contributed by atoms with Crippen LogP contribution in [-0.4, -0.2) is 39.0 Å². The number of aromatic nitrogens is 2. The van der Waals surface area contributed by atoms with Gasteiger partial charge in [-0.3, -0.25) is 4.72 Å². The highest BCUT2D eigenvalue weighted by Crippen LogP contribution is 2.36. The predicted molar refractivity (Wildman–Crippen MR) is 133 cm³/mol. The van der Waals surface area contributed by atoms with Crippen molar-refractivity contribution < 1.29 is 35.8 Å². The van der Waals surface area contributed by atoms with E-state index in [2.05, 4.69) is 35.2 Å². The molecule has 1 N–H and O–H groups in total. The second kappa shape index (κ2) is 11.5. The summed E-state index contributed by atoms with van der Waals surface area (Å²) in [4.78, 5) is -0.622. The Balaban J connectivity index is 1.71. The van der Waals surface area contributed by atoms with Crippen LogP contribution in [0.3, 0.4) is 0 Å². The Kier molecular flexibility index (Phi) is 8.59. The minimum Gasteiger partial charge on any atom is -0.357 e. The molecule has 2 aromatic carbocycles. The van der Waals surface area contributed by atoms with Gasteiger partial charge in [-0.15, -0.1) is 0 Å². The van der Waals surface area contributed by atoms with Crippen molar-refractivity contribution in [3.05, 3.63) is 64.0 Å². The molecule has 1 saturated heterocycles. The lowest BCUT2D eigenvalue weighted by Gasteiger charge is -2.22. The van der Waals surface area contributed by atoms with Crippen molar-refractivity contribution in [1.29, 1.82) is 0 Å². The summed E-state index contributed by atoms with van der Waals surface area (Å²) in [6.45, 7) is 0.600. The zero-order valence-corrected chi connectivity index (χ0v) is 22.4. The van der Waals surface area contributed by atoms with Gasteiger partial charge in [0.2, 0.25) is 12.7 Å². The lowest BCUT2D eigenvalue weighted by Crippen LogP contribution is -2.18. The van der Waals surface area contributed by atoms with Crippen LogP contribution >= 0.6 is 15.9 Å². The molecule has 37 heavy (non-hydrogen) atoms. The molecule has 3 aromatic rings. The lowest BCUT2D eigenvalue weighted by molar-refractivity contribution is -0.0394. The standard InChI is InChI=1S/C24H25BrF3N3O5S/c1-34-23(27)14-9-10-15(24(28)35-2)19(12-14)37(32,33)30-18-7-5-6-16(21(18)26)22-17(25)13-31(29-22)20-8-3-4-11-36-20/h5-7,9-10,12-13,20,23-24,30H,3-4,8,11H2,1-2H3. The van der Waals surface area contributed by atoms with E-state index >= 15 is 4.39 Å². The van der Waals surface area contributed by atoms with Gasteiger partial charge >= 0.3 is 0 Å². The van der Waals surface area contributed by atoms with Gasteiger partial charge in [-0.2, -0.15) is 5.10 Å². The monoisotopic (exact) mass is 603 g/mol.